The molecule has 0 aromatic heterocycles. The molecule has 1 heterocycles. The smallest absolute Gasteiger partial charge is 0.228 e. The van der Waals surface area contributed by atoms with E-state index in [9.17, 15) is 9.90 Å². The molecule has 1 aliphatic rings. The van der Waals surface area contributed by atoms with E-state index in [-0.39, 0.29) is 5.56 Å². The number of Topliss-reactive ketones (excluding diaryl/α,β-unsaturated/α-hetero) is 1. The lowest BCUT2D eigenvalue weighted by Crippen LogP contribution is -2.51. The fraction of sp³-hybridized carbons (Fsp3) is 0.125. The normalized spacial score (nSPS) is 20.4. The predicted octanol–water partition coefficient (Wildman–Crippen LogP) is 3.58. The number of fused-ring (bicyclic) bond motifs is 1. The number of carbonyl (C=O) groups excluding carboxylic acids is 1. The third kappa shape index (κ3) is 3.02. The van der Waals surface area contributed by atoms with Gasteiger partial charge in [0.15, 0.2) is 6.10 Å². The summed E-state index contributed by atoms with van der Waals surface area (Å²) in [5, 5.41) is 11.0. The van der Waals surface area contributed by atoms with Crippen LogP contribution in [0.1, 0.15) is 21.5 Å². The van der Waals surface area contributed by atoms with Crippen LogP contribution in [0, 0.1) is 11.8 Å². The average molecular weight is 370 g/mol. The second kappa shape index (κ2) is 7.22. The first-order valence-corrected chi connectivity index (χ1v) is 8.87. The van der Waals surface area contributed by atoms with Crippen LogP contribution in [0.2, 0.25) is 0 Å². The van der Waals surface area contributed by atoms with Crippen LogP contribution in [0.15, 0.2) is 78.9 Å². The fourth-order valence-corrected chi connectivity index (χ4v) is 3.23. The van der Waals surface area contributed by atoms with Crippen molar-refractivity contribution in [1.29, 1.82) is 0 Å². The van der Waals surface area contributed by atoms with Crippen LogP contribution in [-0.2, 0) is 5.60 Å². The molecule has 0 saturated heterocycles. The van der Waals surface area contributed by atoms with Crippen molar-refractivity contribution in [1.82, 2.24) is 0 Å². The summed E-state index contributed by atoms with van der Waals surface area (Å²) >= 11 is 0. The molecular formula is C24H18O4. The molecule has 4 heteroatoms. The highest BCUT2D eigenvalue weighted by atomic mass is 16.5. The molecule has 4 rings (SSSR count). The van der Waals surface area contributed by atoms with Gasteiger partial charge < -0.3 is 14.6 Å². The van der Waals surface area contributed by atoms with E-state index >= 15 is 0 Å². The summed E-state index contributed by atoms with van der Waals surface area (Å²) in [4.78, 5) is 13.0. The second-order valence-corrected chi connectivity index (χ2v) is 6.45. The maximum atomic E-state index is 13.0. The van der Waals surface area contributed by atoms with Crippen molar-refractivity contribution >= 4 is 5.78 Å². The zero-order valence-electron chi connectivity index (χ0n) is 15.3. The van der Waals surface area contributed by atoms with Gasteiger partial charge in [-0.1, -0.05) is 54.5 Å². The Labute approximate surface area is 163 Å². The molecule has 0 aliphatic carbocycles. The van der Waals surface area contributed by atoms with Gasteiger partial charge in [-0.2, -0.15) is 0 Å². The molecule has 0 fully saturated rings. The Morgan fingerprint density at radius 2 is 1.68 bits per heavy atom. The first-order valence-electron chi connectivity index (χ1n) is 8.87. The van der Waals surface area contributed by atoms with E-state index in [1.54, 1.807) is 30.3 Å². The third-order valence-corrected chi connectivity index (χ3v) is 4.73. The van der Waals surface area contributed by atoms with Crippen molar-refractivity contribution in [3.8, 4) is 23.3 Å². The van der Waals surface area contributed by atoms with Crippen LogP contribution >= 0.6 is 0 Å². The van der Waals surface area contributed by atoms with Crippen molar-refractivity contribution in [3.05, 3.63) is 95.6 Å². The van der Waals surface area contributed by atoms with Crippen LogP contribution in [0.3, 0.4) is 0 Å². The van der Waals surface area contributed by atoms with E-state index in [0.717, 1.165) is 5.56 Å². The maximum absolute atomic E-state index is 13.0. The van der Waals surface area contributed by atoms with Gasteiger partial charge in [0, 0.05) is 11.1 Å². The van der Waals surface area contributed by atoms with E-state index in [1.165, 1.54) is 7.11 Å². The van der Waals surface area contributed by atoms with Gasteiger partial charge in [-0.25, -0.2) is 0 Å². The van der Waals surface area contributed by atoms with E-state index < -0.39 is 17.5 Å². The van der Waals surface area contributed by atoms with E-state index in [4.69, 9.17) is 9.47 Å². The Balaban J connectivity index is 1.89. The molecule has 28 heavy (non-hydrogen) atoms. The first-order chi connectivity index (χ1) is 13.6. The van der Waals surface area contributed by atoms with Gasteiger partial charge in [0.05, 0.1) is 12.7 Å². The van der Waals surface area contributed by atoms with Crippen molar-refractivity contribution in [2.45, 2.75) is 11.7 Å². The van der Waals surface area contributed by atoms with Crippen molar-refractivity contribution < 1.29 is 19.4 Å². The molecule has 138 valence electrons. The molecule has 0 spiro atoms. The number of methoxy groups -OCH3 is 1. The van der Waals surface area contributed by atoms with Gasteiger partial charge in [0.2, 0.25) is 11.4 Å². The minimum Gasteiger partial charge on any atom is -0.497 e. The zero-order valence-corrected chi connectivity index (χ0v) is 15.3. The Morgan fingerprint density at radius 1 is 1.00 bits per heavy atom. The lowest BCUT2D eigenvalue weighted by molar-refractivity contribution is -0.0157. The van der Waals surface area contributed by atoms with Gasteiger partial charge in [-0.3, -0.25) is 4.79 Å². The molecule has 0 amide bonds. The summed E-state index contributed by atoms with van der Waals surface area (Å²) in [6.07, 6.45) is -1.48. The molecular weight excluding hydrogens is 352 g/mol. The van der Waals surface area contributed by atoms with Crippen LogP contribution in [-0.4, -0.2) is 24.1 Å². The maximum Gasteiger partial charge on any atom is 0.228 e. The molecule has 0 radical (unpaired) electrons. The average Bonchev–Trinajstić information content (AvgIpc) is 2.76. The van der Waals surface area contributed by atoms with Crippen LogP contribution in [0.5, 0.6) is 11.5 Å². The second-order valence-electron chi connectivity index (χ2n) is 6.45. The molecule has 0 bridgehead atoms. The molecule has 0 saturated carbocycles. The van der Waals surface area contributed by atoms with Gasteiger partial charge in [-0.15, -0.1) is 0 Å². The fourth-order valence-electron chi connectivity index (χ4n) is 3.23. The largest absolute Gasteiger partial charge is 0.497 e. The number of hydrogen-bond acceptors (Lipinski definition) is 4. The topological polar surface area (TPSA) is 55.8 Å². The minimum absolute atomic E-state index is 0.278. The molecule has 1 aliphatic heterocycles. The predicted molar refractivity (Wildman–Crippen MR) is 105 cm³/mol. The Kier molecular flexibility index (Phi) is 4.60. The summed E-state index contributed by atoms with van der Waals surface area (Å²) < 4.78 is 11.4. The molecule has 3 aromatic carbocycles. The number of ketones is 1. The number of ether oxygens (including phenoxy) is 2. The van der Waals surface area contributed by atoms with Gasteiger partial charge in [0.1, 0.15) is 11.5 Å². The van der Waals surface area contributed by atoms with Crippen LogP contribution in [0.4, 0.5) is 0 Å². The highest BCUT2D eigenvalue weighted by Crippen LogP contribution is 2.41. The molecule has 2 atom stereocenters. The van der Waals surface area contributed by atoms with Crippen molar-refractivity contribution in [3.63, 3.8) is 0 Å². The number of rotatable bonds is 2. The van der Waals surface area contributed by atoms with Crippen molar-refractivity contribution in [2.75, 3.05) is 7.11 Å². The summed E-state index contributed by atoms with van der Waals surface area (Å²) in [6.45, 7) is 0. The number of carbonyl (C=O) groups is 1. The monoisotopic (exact) mass is 370 g/mol. The van der Waals surface area contributed by atoms with Crippen molar-refractivity contribution in [2.24, 2.45) is 0 Å². The van der Waals surface area contributed by atoms with Gasteiger partial charge in [-0.05, 0) is 36.3 Å². The quantitative estimate of drug-likeness (QED) is 0.701. The zero-order chi connectivity index (χ0) is 19.6. The number of aliphatic hydroxyl groups is 1. The van der Waals surface area contributed by atoms with E-state index in [0.29, 0.717) is 17.1 Å². The Hall–Kier alpha value is -3.55. The molecule has 1 N–H and O–H groups in total. The third-order valence-electron chi connectivity index (χ3n) is 4.73. The number of benzene rings is 3. The van der Waals surface area contributed by atoms with Crippen LogP contribution in [0.25, 0.3) is 0 Å². The SMILES string of the molecule is COc1ccc2c(c1)C(=O)[C@@H](O)[C@](C#Cc1ccccc1)(c1ccccc1)O2. The minimum atomic E-state index is -1.50. The lowest BCUT2D eigenvalue weighted by Gasteiger charge is -2.38. The Morgan fingerprint density at radius 3 is 2.36 bits per heavy atom. The van der Waals surface area contributed by atoms with Gasteiger partial charge in [0.25, 0.3) is 0 Å². The highest BCUT2D eigenvalue weighted by Gasteiger charge is 2.49. The molecule has 4 nitrogen and oxygen atoms in total. The van der Waals surface area contributed by atoms with E-state index in [2.05, 4.69) is 11.8 Å². The summed E-state index contributed by atoms with van der Waals surface area (Å²) in [6, 6.07) is 23.4. The first kappa shape index (κ1) is 17.8. The highest BCUT2D eigenvalue weighted by molar-refractivity contribution is 6.04. The van der Waals surface area contributed by atoms with E-state index in [1.807, 2.05) is 48.5 Å². The number of hydrogen-bond donors (Lipinski definition) is 1. The molecule has 3 aromatic rings. The van der Waals surface area contributed by atoms with Crippen LogP contribution < -0.4 is 9.47 Å². The summed E-state index contributed by atoms with van der Waals surface area (Å²) in [5.74, 6) is 6.52. The Bertz CT molecular complexity index is 1060. The standard InChI is InChI=1S/C24H18O4/c1-27-19-12-13-21-20(16-19)22(25)23(26)24(28-21,18-10-6-3-7-11-18)15-14-17-8-4-2-5-9-17/h2-13,16,23,26H,1H3/t23-,24+/m1/s1. The molecule has 0 unspecified atom stereocenters. The summed E-state index contributed by atoms with van der Waals surface area (Å²) in [5.41, 5.74) is 0.151. The van der Waals surface area contributed by atoms with Gasteiger partial charge >= 0.3 is 0 Å². The summed E-state index contributed by atoms with van der Waals surface area (Å²) in [7, 11) is 1.52. The lowest BCUT2D eigenvalue weighted by atomic mass is 9.81. The number of aliphatic hydroxyl groups excluding tert-OH is 1.